The molecule has 9 nitrogen and oxygen atoms in total. The molecule has 10 heteroatoms. The highest BCUT2D eigenvalue weighted by Crippen LogP contribution is 2.36. The molecule has 0 atom stereocenters. The van der Waals surface area contributed by atoms with Crippen molar-refractivity contribution in [1.82, 2.24) is 0 Å². The molecule has 0 radical (unpaired) electrons. The van der Waals surface area contributed by atoms with Crippen molar-refractivity contribution in [2.45, 2.75) is 13.8 Å². The molecular formula is C20H22N2O7S. The molecular weight excluding hydrogens is 412 g/mol. The van der Waals surface area contributed by atoms with E-state index in [0.717, 1.165) is 4.31 Å². The van der Waals surface area contributed by atoms with Gasteiger partial charge in [-0.3, -0.25) is 9.10 Å². The zero-order chi connectivity index (χ0) is 21.9. The summed E-state index contributed by atoms with van der Waals surface area (Å²) in [5.41, 5.74) is 1.66. The first-order chi connectivity index (χ1) is 14.2. The Morgan fingerprint density at radius 1 is 1.13 bits per heavy atom. The standard InChI is InChI=1S/C20H22N2O7S/c1-4-30(25,26)22(15-7-8-17-18(10-15)29-12-28-17)11-19(23)21-16-9-14(20(24)27-3)6-5-13(16)2/h5-10H,4,11-12H2,1-3H3,(H,21,23). The zero-order valence-corrected chi connectivity index (χ0v) is 17.6. The number of esters is 1. The van der Waals surface area contributed by atoms with Crippen molar-refractivity contribution < 1.29 is 32.2 Å². The number of carbonyl (C=O) groups is 2. The third-order valence-electron chi connectivity index (χ3n) is 4.56. The second-order valence-electron chi connectivity index (χ2n) is 6.51. The fourth-order valence-electron chi connectivity index (χ4n) is 2.87. The van der Waals surface area contributed by atoms with Gasteiger partial charge >= 0.3 is 5.97 Å². The minimum Gasteiger partial charge on any atom is -0.465 e. The summed E-state index contributed by atoms with van der Waals surface area (Å²) in [4.78, 5) is 24.5. The molecule has 2 aromatic rings. The lowest BCUT2D eigenvalue weighted by atomic mass is 10.1. The van der Waals surface area contributed by atoms with Gasteiger partial charge in [0.15, 0.2) is 11.5 Å². The predicted molar refractivity (Wildman–Crippen MR) is 111 cm³/mol. The number of fused-ring (bicyclic) bond motifs is 1. The van der Waals surface area contributed by atoms with Crippen LogP contribution in [-0.4, -0.2) is 46.5 Å². The van der Waals surface area contributed by atoms with E-state index in [-0.39, 0.29) is 23.8 Å². The largest absolute Gasteiger partial charge is 0.465 e. The number of methoxy groups -OCH3 is 1. The molecule has 0 bridgehead atoms. The Labute approximate surface area is 174 Å². The molecule has 30 heavy (non-hydrogen) atoms. The van der Waals surface area contributed by atoms with Gasteiger partial charge in [0.2, 0.25) is 22.7 Å². The van der Waals surface area contributed by atoms with Gasteiger partial charge in [-0.05, 0) is 43.7 Å². The van der Waals surface area contributed by atoms with E-state index < -0.39 is 28.4 Å². The van der Waals surface area contributed by atoms with Crippen LogP contribution in [0.3, 0.4) is 0 Å². The van der Waals surface area contributed by atoms with Gasteiger partial charge in [-0.25, -0.2) is 13.2 Å². The molecule has 1 N–H and O–H groups in total. The summed E-state index contributed by atoms with van der Waals surface area (Å²) >= 11 is 0. The zero-order valence-electron chi connectivity index (χ0n) is 16.8. The predicted octanol–water partition coefficient (Wildman–Crippen LogP) is 2.31. The summed E-state index contributed by atoms with van der Waals surface area (Å²) in [5.74, 6) is -0.375. The lowest BCUT2D eigenvalue weighted by molar-refractivity contribution is -0.114. The number of hydrogen-bond donors (Lipinski definition) is 1. The highest BCUT2D eigenvalue weighted by atomic mass is 32.2. The second kappa shape index (κ2) is 8.62. The number of hydrogen-bond acceptors (Lipinski definition) is 7. The number of benzene rings is 2. The van der Waals surface area contributed by atoms with Crippen LogP contribution in [0.2, 0.25) is 0 Å². The van der Waals surface area contributed by atoms with E-state index >= 15 is 0 Å². The summed E-state index contributed by atoms with van der Waals surface area (Å²) in [5, 5.41) is 2.67. The van der Waals surface area contributed by atoms with Crippen molar-refractivity contribution in [1.29, 1.82) is 0 Å². The third kappa shape index (κ3) is 4.48. The number of nitrogens with zero attached hydrogens (tertiary/aromatic N) is 1. The molecule has 0 saturated carbocycles. The maximum Gasteiger partial charge on any atom is 0.337 e. The number of anilines is 2. The molecule has 1 aliphatic rings. The van der Waals surface area contributed by atoms with E-state index in [1.165, 1.54) is 26.2 Å². The SMILES string of the molecule is CCS(=O)(=O)N(CC(=O)Nc1cc(C(=O)OC)ccc1C)c1ccc2c(c1)OCO2. The van der Waals surface area contributed by atoms with Crippen LogP contribution in [0, 0.1) is 6.92 Å². The number of aryl methyl sites for hydroxylation is 1. The Kier molecular flexibility index (Phi) is 6.16. The molecule has 0 fully saturated rings. The van der Waals surface area contributed by atoms with Gasteiger partial charge in [0, 0.05) is 11.8 Å². The number of sulfonamides is 1. The Bertz CT molecular complexity index is 1080. The molecule has 0 spiro atoms. The molecule has 3 rings (SSSR count). The highest BCUT2D eigenvalue weighted by molar-refractivity contribution is 7.92. The van der Waals surface area contributed by atoms with Gasteiger partial charge in [0.1, 0.15) is 6.54 Å². The average molecular weight is 434 g/mol. The van der Waals surface area contributed by atoms with Gasteiger partial charge in [0.25, 0.3) is 0 Å². The molecule has 0 saturated heterocycles. The fourth-order valence-corrected chi connectivity index (χ4v) is 3.93. The first-order valence-corrected chi connectivity index (χ1v) is 10.7. The Balaban J connectivity index is 1.85. The van der Waals surface area contributed by atoms with Crippen LogP contribution in [0.5, 0.6) is 11.5 Å². The lowest BCUT2D eigenvalue weighted by Crippen LogP contribution is -2.39. The normalized spacial score (nSPS) is 12.4. The quantitative estimate of drug-likeness (QED) is 0.666. The third-order valence-corrected chi connectivity index (χ3v) is 6.31. The maximum absolute atomic E-state index is 12.7. The number of rotatable bonds is 7. The van der Waals surface area contributed by atoms with E-state index in [4.69, 9.17) is 14.2 Å². The lowest BCUT2D eigenvalue weighted by Gasteiger charge is -2.23. The van der Waals surface area contributed by atoms with Gasteiger partial charge in [0.05, 0.1) is 24.1 Å². The molecule has 2 aromatic carbocycles. The van der Waals surface area contributed by atoms with Gasteiger partial charge < -0.3 is 19.5 Å². The summed E-state index contributed by atoms with van der Waals surface area (Å²) < 4.78 is 41.6. The topological polar surface area (TPSA) is 111 Å². The summed E-state index contributed by atoms with van der Waals surface area (Å²) in [6, 6.07) is 9.40. The summed E-state index contributed by atoms with van der Waals surface area (Å²) in [6.07, 6.45) is 0. The van der Waals surface area contributed by atoms with Crippen molar-refractivity contribution in [2.24, 2.45) is 0 Å². The van der Waals surface area contributed by atoms with E-state index in [1.54, 1.807) is 31.2 Å². The van der Waals surface area contributed by atoms with E-state index in [9.17, 15) is 18.0 Å². The Morgan fingerprint density at radius 2 is 1.87 bits per heavy atom. The first-order valence-electron chi connectivity index (χ1n) is 9.14. The van der Waals surface area contributed by atoms with Crippen LogP contribution in [0.1, 0.15) is 22.8 Å². The first kappa shape index (κ1) is 21.4. The van der Waals surface area contributed by atoms with Gasteiger partial charge in [-0.1, -0.05) is 6.07 Å². The minimum absolute atomic E-state index is 0.0512. The number of carbonyl (C=O) groups excluding carboxylic acids is 2. The molecule has 0 aliphatic carbocycles. The molecule has 1 aliphatic heterocycles. The second-order valence-corrected chi connectivity index (χ2v) is 8.70. The van der Waals surface area contributed by atoms with Crippen LogP contribution in [0.4, 0.5) is 11.4 Å². The van der Waals surface area contributed by atoms with E-state index in [2.05, 4.69) is 5.32 Å². The number of nitrogens with one attached hydrogen (secondary N) is 1. The maximum atomic E-state index is 12.7. The van der Waals surface area contributed by atoms with Crippen molar-refractivity contribution in [3.05, 3.63) is 47.5 Å². The van der Waals surface area contributed by atoms with Gasteiger partial charge in [-0.2, -0.15) is 0 Å². The van der Waals surface area contributed by atoms with Crippen molar-refractivity contribution in [2.75, 3.05) is 35.8 Å². The summed E-state index contributed by atoms with van der Waals surface area (Å²) in [7, 11) is -2.49. The summed E-state index contributed by atoms with van der Waals surface area (Å²) in [6.45, 7) is 2.86. The number of amides is 1. The van der Waals surface area contributed by atoms with Gasteiger partial charge in [-0.15, -0.1) is 0 Å². The van der Waals surface area contributed by atoms with E-state index in [1.807, 2.05) is 0 Å². The Hall–Kier alpha value is -3.27. The minimum atomic E-state index is -3.75. The van der Waals surface area contributed by atoms with Crippen LogP contribution >= 0.6 is 0 Å². The van der Waals surface area contributed by atoms with Crippen LogP contribution < -0.4 is 19.1 Å². The smallest absolute Gasteiger partial charge is 0.337 e. The van der Waals surface area contributed by atoms with Crippen molar-refractivity contribution in [3.63, 3.8) is 0 Å². The van der Waals surface area contributed by atoms with Crippen molar-refractivity contribution >= 4 is 33.3 Å². The highest BCUT2D eigenvalue weighted by Gasteiger charge is 2.26. The molecule has 0 aromatic heterocycles. The fraction of sp³-hybridized carbons (Fsp3) is 0.300. The molecule has 160 valence electrons. The van der Waals surface area contributed by atoms with Crippen LogP contribution in [0.15, 0.2) is 36.4 Å². The molecule has 0 unspecified atom stereocenters. The van der Waals surface area contributed by atoms with Crippen LogP contribution in [-0.2, 0) is 19.6 Å². The molecule has 1 heterocycles. The van der Waals surface area contributed by atoms with Crippen molar-refractivity contribution in [3.8, 4) is 11.5 Å². The average Bonchev–Trinajstić information content (AvgIpc) is 3.20. The number of ether oxygens (including phenoxy) is 3. The molecule has 1 amide bonds. The van der Waals surface area contributed by atoms with E-state index in [0.29, 0.717) is 22.7 Å². The monoisotopic (exact) mass is 434 g/mol. The Morgan fingerprint density at radius 3 is 2.57 bits per heavy atom. The van der Waals surface area contributed by atoms with Crippen LogP contribution in [0.25, 0.3) is 0 Å².